The molecule has 1 aromatic carbocycles. The van der Waals surface area contributed by atoms with E-state index in [9.17, 15) is 4.79 Å². The highest BCUT2D eigenvalue weighted by atomic mass is 35.5. The third-order valence-corrected chi connectivity index (χ3v) is 7.91. The first kappa shape index (κ1) is 24.8. The quantitative estimate of drug-likeness (QED) is 0.583. The van der Waals surface area contributed by atoms with Crippen molar-refractivity contribution in [2.45, 2.75) is 90.8 Å². The van der Waals surface area contributed by atoms with E-state index in [2.05, 4.69) is 0 Å². The van der Waals surface area contributed by atoms with E-state index in [0.29, 0.717) is 23.5 Å². The summed E-state index contributed by atoms with van der Waals surface area (Å²) in [6.07, 6.45) is 1.88. The lowest BCUT2D eigenvalue weighted by molar-refractivity contribution is 0.00578. The van der Waals surface area contributed by atoms with Crippen LogP contribution in [0.3, 0.4) is 0 Å². The topological polar surface area (TPSA) is 57.2 Å². The Hall–Kier alpha value is -1.28. The van der Waals surface area contributed by atoms with Gasteiger partial charge in [-0.3, -0.25) is 0 Å². The van der Waals surface area contributed by atoms with Gasteiger partial charge in [-0.15, -0.1) is 0 Å². The monoisotopic (exact) mass is 477 g/mol. The minimum Gasteiger partial charge on any atom is -0.444 e. The van der Waals surface area contributed by atoms with Crippen LogP contribution in [0.15, 0.2) is 18.2 Å². The maximum absolute atomic E-state index is 12.4. The normalized spacial score (nSPS) is 28.3. The predicted octanol–water partition coefficient (Wildman–Crippen LogP) is 4.80. The Balaban J connectivity index is 1.32. The van der Waals surface area contributed by atoms with Crippen LogP contribution in [0.5, 0.6) is 0 Å². The van der Waals surface area contributed by atoms with Crippen molar-refractivity contribution < 1.29 is 23.6 Å². The van der Waals surface area contributed by atoms with Crippen LogP contribution < -0.4 is 5.46 Å². The summed E-state index contributed by atoms with van der Waals surface area (Å²) >= 11 is 6.76. The van der Waals surface area contributed by atoms with E-state index in [1.165, 1.54) is 0 Å². The van der Waals surface area contributed by atoms with Crippen LogP contribution >= 0.6 is 11.6 Å². The first-order valence-corrected chi connectivity index (χ1v) is 12.4. The van der Waals surface area contributed by atoms with Crippen LogP contribution in [0, 0.1) is 11.8 Å². The van der Waals surface area contributed by atoms with E-state index in [1.54, 1.807) is 0 Å². The van der Waals surface area contributed by atoms with Gasteiger partial charge in [0.2, 0.25) is 0 Å². The molecule has 1 saturated carbocycles. The highest BCUT2D eigenvalue weighted by Gasteiger charge is 2.52. The number of halogens is 1. The number of hydrogen-bond donors (Lipinski definition) is 0. The molecule has 0 radical (unpaired) electrons. The summed E-state index contributed by atoms with van der Waals surface area (Å²) in [7, 11) is -0.493. The molecule has 3 aliphatic rings. The number of ether oxygens (including phenoxy) is 2. The summed E-state index contributed by atoms with van der Waals surface area (Å²) in [5.41, 5.74) is 0.489. The Morgan fingerprint density at radius 3 is 2.24 bits per heavy atom. The van der Waals surface area contributed by atoms with Crippen molar-refractivity contribution in [3.63, 3.8) is 0 Å². The van der Waals surface area contributed by atoms with Crippen molar-refractivity contribution in [3.8, 4) is 0 Å². The molecule has 1 unspecified atom stereocenters. The molecule has 0 bridgehead atoms. The van der Waals surface area contributed by atoms with Gasteiger partial charge in [-0.1, -0.05) is 29.8 Å². The summed E-state index contributed by atoms with van der Waals surface area (Å²) in [6.45, 7) is 15.8. The molecule has 0 N–H and O–H groups in total. The Labute approximate surface area is 203 Å². The Morgan fingerprint density at radius 1 is 1.12 bits per heavy atom. The number of benzene rings is 1. The summed E-state index contributed by atoms with van der Waals surface area (Å²) in [6, 6.07) is 5.93. The van der Waals surface area contributed by atoms with Crippen LogP contribution in [0.2, 0.25) is 5.02 Å². The zero-order valence-corrected chi connectivity index (χ0v) is 21.7. The molecular formula is C25H37BClNO5. The van der Waals surface area contributed by atoms with Gasteiger partial charge >= 0.3 is 13.2 Å². The molecule has 0 spiro atoms. The standard InChI is InChI=1S/C25H37BClNO5/c1-23(2,3)31-22(29)28-13-17-11-19(12-18(17)14-28)30-15-16-9-8-10-20(21(16)27)26-32-24(4,5)25(6,7)33-26/h8-10,17-19H,11-15H2,1-7H3/t17-,18+,19?. The Kier molecular flexibility index (Phi) is 6.58. The lowest BCUT2D eigenvalue weighted by Gasteiger charge is -2.32. The van der Waals surface area contributed by atoms with E-state index in [4.69, 9.17) is 30.4 Å². The highest BCUT2D eigenvalue weighted by Crippen LogP contribution is 2.41. The van der Waals surface area contributed by atoms with Crippen LogP contribution in [0.25, 0.3) is 0 Å². The van der Waals surface area contributed by atoms with Crippen molar-refractivity contribution in [1.29, 1.82) is 0 Å². The molecular weight excluding hydrogens is 441 g/mol. The van der Waals surface area contributed by atoms with Gasteiger partial charge < -0.3 is 23.7 Å². The second-order valence-corrected chi connectivity index (χ2v) is 12.1. The lowest BCUT2D eigenvalue weighted by Crippen LogP contribution is -2.41. The fourth-order valence-corrected chi connectivity index (χ4v) is 5.20. The zero-order chi connectivity index (χ0) is 24.2. The van der Waals surface area contributed by atoms with Crippen molar-refractivity contribution in [3.05, 3.63) is 28.8 Å². The Bertz CT molecular complexity index is 869. The van der Waals surface area contributed by atoms with E-state index >= 15 is 0 Å². The fourth-order valence-electron chi connectivity index (χ4n) is 4.93. The summed E-state index contributed by atoms with van der Waals surface area (Å²) < 4.78 is 24.2. The van der Waals surface area contributed by atoms with Crippen LogP contribution in [0.4, 0.5) is 4.79 Å². The predicted molar refractivity (Wildman–Crippen MR) is 130 cm³/mol. The van der Waals surface area contributed by atoms with E-state index in [0.717, 1.165) is 37.0 Å². The molecule has 0 aromatic heterocycles. The van der Waals surface area contributed by atoms with Gasteiger partial charge in [-0.2, -0.15) is 0 Å². The molecule has 3 fully saturated rings. The number of nitrogens with zero attached hydrogens (tertiary/aromatic N) is 1. The smallest absolute Gasteiger partial charge is 0.444 e. The zero-order valence-electron chi connectivity index (χ0n) is 20.9. The molecule has 1 aliphatic carbocycles. The number of likely N-dealkylation sites (tertiary alicyclic amines) is 1. The van der Waals surface area contributed by atoms with Gasteiger partial charge in [-0.05, 0) is 78.7 Å². The average molecular weight is 478 g/mol. The molecule has 1 amide bonds. The number of fused-ring (bicyclic) bond motifs is 1. The van der Waals surface area contributed by atoms with Crippen LogP contribution in [0.1, 0.15) is 66.9 Å². The van der Waals surface area contributed by atoms with Crippen molar-refractivity contribution in [2.75, 3.05) is 13.1 Å². The molecule has 2 saturated heterocycles. The maximum atomic E-state index is 12.4. The maximum Gasteiger partial charge on any atom is 0.496 e. The van der Waals surface area contributed by atoms with Crippen LogP contribution in [-0.4, -0.2) is 54.1 Å². The average Bonchev–Trinajstić information content (AvgIpc) is 3.29. The largest absolute Gasteiger partial charge is 0.496 e. The van der Waals surface area contributed by atoms with Gasteiger partial charge in [0.1, 0.15) is 5.60 Å². The number of hydrogen-bond acceptors (Lipinski definition) is 5. The molecule has 33 heavy (non-hydrogen) atoms. The third-order valence-electron chi connectivity index (χ3n) is 7.45. The van der Waals surface area contributed by atoms with Crippen molar-refractivity contribution in [2.24, 2.45) is 11.8 Å². The van der Waals surface area contributed by atoms with Crippen molar-refractivity contribution >= 4 is 30.3 Å². The molecule has 4 rings (SSSR count). The fraction of sp³-hybridized carbons (Fsp3) is 0.720. The van der Waals surface area contributed by atoms with Gasteiger partial charge in [0.05, 0.1) is 23.9 Å². The van der Waals surface area contributed by atoms with Gasteiger partial charge in [-0.25, -0.2) is 4.79 Å². The van der Waals surface area contributed by atoms with Crippen LogP contribution in [-0.2, 0) is 25.4 Å². The summed E-state index contributed by atoms with van der Waals surface area (Å²) in [5.74, 6) is 0.933. The van der Waals surface area contributed by atoms with Gasteiger partial charge in [0.25, 0.3) is 0 Å². The number of carbonyl (C=O) groups is 1. The SMILES string of the molecule is CC(C)(C)OC(=O)N1C[C@H]2CC(OCc3cccc(B4OC(C)(C)C(C)(C)O4)c3Cl)C[C@H]2C1. The number of amides is 1. The number of rotatable bonds is 4. The third kappa shape index (κ3) is 5.21. The second-order valence-electron chi connectivity index (χ2n) is 11.7. The summed E-state index contributed by atoms with van der Waals surface area (Å²) in [4.78, 5) is 14.2. The number of carbonyl (C=O) groups excluding carboxylic acids is 1. The van der Waals surface area contributed by atoms with E-state index in [1.807, 2.05) is 71.6 Å². The molecule has 2 heterocycles. The minimum absolute atomic E-state index is 0.178. The molecule has 6 nitrogen and oxygen atoms in total. The lowest BCUT2D eigenvalue weighted by atomic mass is 9.78. The molecule has 1 aromatic rings. The Morgan fingerprint density at radius 2 is 1.70 bits per heavy atom. The second kappa shape index (κ2) is 8.74. The van der Waals surface area contributed by atoms with E-state index < -0.39 is 23.9 Å². The molecule has 8 heteroatoms. The first-order chi connectivity index (χ1) is 15.3. The molecule has 3 atom stereocenters. The van der Waals surface area contributed by atoms with Gasteiger partial charge in [0, 0.05) is 23.6 Å². The molecule has 2 aliphatic heterocycles. The first-order valence-electron chi connectivity index (χ1n) is 12.0. The van der Waals surface area contributed by atoms with Crippen molar-refractivity contribution in [1.82, 2.24) is 4.90 Å². The molecule has 182 valence electrons. The highest BCUT2D eigenvalue weighted by molar-refractivity contribution is 6.65. The summed E-state index contributed by atoms with van der Waals surface area (Å²) in [5, 5.41) is 0.644. The van der Waals surface area contributed by atoms with E-state index in [-0.39, 0.29) is 12.2 Å². The van der Waals surface area contributed by atoms with Gasteiger partial charge in [0.15, 0.2) is 0 Å². The minimum atomic E-state index is -0.493.